The normalized spacial score (nSPS) is 20.6. The molecular weight excluding hydrogens is 160 g/mol. The molecule has 0 aliphatic carbocycles. The van der Waals surface area contributed by atoms with Crippen LogP contribution in [0.2, 0.25) is 0 Å². The molecule has 2 nitrogen and oxygen atoms in total. The van der Waals surface area contributed by atoms with Crippen LogP contribution in [0.5, 0.6) is 0 Å². The first kappa shape index (κ1) is 8.57. The van der Waals surface area contributed by atoms with Gasteiger partial charge in [-0.2, -0.15) is 0 Å². The van der Waals surface area contributed by atoms with Crippen LogP contribution in [0.15, 0.2) is 30.3 Å². The van der Waals surface area contributed by atoms with E-state index in [1.54, 1.807) is 0 Å². The molecule has 1 saturated heterocycles. The molecule has 0 spiro atoms. The summed E-state index contributed by atoms with van der Waals surface area (Å²) >= 11 is 0. The lowest BCUT2D eigenvalue weighted by Gasteiger charge is -2.19. The van der Waals surface area contributed by atoms with Crippen molar-refractivity contribution in [3.63, 3.8) is 0 Å². The lowest BCUT2D eigenvalue weighted by atomic mass is 9.95. The third-order valence-corrected chi connectivity index (χ3v) is 2.40. The minimum absolute atomic E-state index is 0.385. The third-order valence-electron chi connectivity index (χ3n) is 2.40. The molecule has 0 bridgehead atoms. The van der Waals surface area contributed by atoms with E-state index in [1.165, 1.54) is 5.69 Å². The molecule has 2 rings (SSSR count). The van der Waals surface area contributed by atoms with Crippen LogP contribution >= 0.6 is 0 Å². The molecule has 70 valence electrons. The Balaban J connectivity index is 2.13. The number of hydrogen-bond acceptors (Lipinski definition) is 2. The average molecular weight is 176 g/mol. The number of rotatable bonds is 1. The molecule has 13 heavy (non-hydrogen) atoms. The summed E-state index contributed by atoms with van der Waals surface area (Å²) in [6.45, 7) is 6.70. The van der Waals surface area contributed by atoms with Gasteiger partial charge >= 0.3 is 0 Å². The van der Waals surface area contributed by atoms with Crippen LogP contribution < -0.4 is 10.4 Å². The molecule has 2 heteroatoms. The Bertz CT molecular complexity index is 279. The van der Waals surface area contributed by atoms with Gasteiger partial charge in [-0.05, 0) is 17.5 Å². The highest BCUT2D eigenvalue weighted by molar-refractivity contribution is 5.45. The average Bonchev–Trinajstić information content (AvgIpc) is 2.48. The van der Waals surface area contributed by atoms with E-state index in [9.17, 15) is 0 Å². The second-order valence-electron chi connectivity index (χ2n) is 4.42. The molecule has 1 N–H and O–H groups in total. The van der Waals surface area contributed by atoms with Gasteiger partial charge < -0.3 is 5.01 Å². The van der Waals surface area contributed by atoms with E-state index in [-0.39, 0.29) is 0 Å². The largest absolute Gasteiger partial charge is 0.308 e. The molecule has 0 amide bonds. The van der Waals surface area contributed by atoms with Gasteiger partial charge in [-0.25, -0.2) is 5.43 Å². The summed E-state index contributed by atoms with van der Waals surface area (Å²) in [6, 6.07) is 10.5. The highest BCUT2D eigenvalue weighted by Gasteiger charge is 2.28. The highest BCUT2D eigenvalue weighted by Crippen LogP contribution is 2.24. The second kappa shape index (κ2) is 3.04. The Morgan fingerprint density at radius 3 is 2.46 bits per heavy atom. The fraction of sp³-hybridized carbons (Fsp3) is 0.455. The Labute approximate surface area is 79.5 Å². The Hall–Kier alpha value is -1.02. The molecule has 0 saturated carbocycles. The topological polar surface area (TPSA) is 15.3 Å². The van der Waals surface area contributed by atoms with Crippen molar-refractivity contribution in [3.05, 3.63) is 30.3 Å². The van der Waals surface area contributed by atoms with Gasteiger partial charge in [0.2, 0.25) is 0 Å². The predicted octanol–water partition coefficient (Wildman–Crippen LogP) is 2.04. The second-order valence-corrected chi connectivity index (χ2v) is 4.42. The van der Waals surface area contributed by atoms with Crippen molar-refractivity contribution in [2.45, 2.75) is 13.8 Å². The fourth-order valence-electron chi connectivity index (χ4n) is 1.64. The molecule has 1 aromatic rings. The summed E-state index contributed by atoms with van der Waals surface area (Å²) < 4.78 is 0. The molecule has 1 aliphatic heterocycles. The van der Waals surface area contributed by atoms with Crippen LogP contribution in [0.3, 0.4) is 0 Å². The first-order valence-corrected chi connectivity index (χ1v) is 4.73. The van der Waals surface area contributed by atoms with Gasteiger partial charge in [0.05, 0.1) is 5.69 Å². The quantitative estimate of drug-likeness (QED) is 0.704. The van der Waals surface area contributed by atoms with E-state index in [0.29, 0.717) is 5.41 Å². The number of hydrogen-bond donors (Lipinski definition) is 1. The monoisotopic (exact) mass is 176 g/mol. The van der Waals surface area contributed by atoms with Crippen LogP contribution in [0, 0.1) is 5.41 Å². The minimum atomic E-state index is 0.385. The Morgan fingerprint density at radius 2 is 1.92 bits per heavy atom. The number of anilines is 1. The molecule has 1 fully saturated rings. The number of benzene rings is 1. The Kier molecular flexibility index (Phi) is 2.00. The van der Waals surface area contributed by atoms with Gasteiger partial charge in [0.15, 0.2) is 0 Å². The van der Waals surface area contributed by atoms with Crippen molar-refractivity contribution >= 4 is 5.69 Å². The molecule has 0 radical (unpaired) electrons. The predicted molar refractivity (Wildman–Crippen MR) is 55.6 cm³/mol. The summed E-state index contributed by atoms with van der Waals surface area (Å²) in [5, 5.41) is 2.22. The van der Waals surface area contributed by atoms with E-state index in [0.717, 1.165) is 13.1 Å². The zero-order chi connectivity index (χ0) is 9.31. The van der Waals surface area contributed by atoms with E-state index >= 15 is 0 Å². The maximum Gasteiger partial charge on any atom is 0.0519 e. The number of para-hydroxylation sites is 1. The smallest absolute Gasteiger partial charge is 0.0519 e. The summed E-state index contributed by atoms with van der Waals surface area (Å²) in [6.07, 6.45) is 0. The molecule has 1 aliphatic rings. The van der Waals surface area contributed by atoms with Gasteiger partial charge in [0, 0.05) is 13.1 Å². The highest BCUT2D eigenvalue weighted by atomic mass is 15.5. The van der Waals surface area contributed by atoms with Crippen molar-refractivity contribution in [2.24, 2.45) is 5.41 Å². The molecule has 1 heterocycles. The number of nitrogens with zero attached hydrogens (tertiary/aromatic N) is 1. The first-order chi connectivity index (χ1) is 6.17. The maximum atomic E-state index is 3.40. The third kappa shape index (κ3) is 1.83. The number of hydrazine groups is 1. The molecule has 0 unspecified atom stereocenters. The minimum Gasteiger partial charge on any atom is -0.308 e. The van der Waals surface area contributed by atoms with Gasteiger partial charge in [-0.15, -0.1) is 0 Å². The lowest BCUT2D eigenvalue weighted by Crippen LogP contribution is -2.30. The van der Waals surface area contributed by atoms with Crippen molar-refractivity contribution < 1.29 is 0 Å². The first-order valence-electron chi connectivity index (χ1n) is 4.73. The molecule has 0 aromatic heterocycles. The summed E-state index contributed by atoms with van der Waals surface area (Å²) in [5.41, 5.74) is 5.04. The van der Waals surface area contributed by atoms with Gasteiger partial charge in [0.25, 0.3) is 0 Å². The molecule has 1 aromatic carbocycles. The summed E-state index contributed by atoms with van der Waals surface area (Å²) in [7, 11) is 0. The summed E-state index contributed by atoms with van der Waals surface area (Å²) in [5.74, 6) is 0. The van der Waals surface area contributed by atoms with Crippen LogP contribution in [0.4, 0.5) is 5.69 Å². The van der Waals surface area contributed by atoms with Crippen molar-refractivity contribution in [1.29, 1.82) is 0 Å². The van der Waals surface area contributed by atoms with Crippen LogP contribution in [-0.4, -0.2) is 13.1 Å². The lowest BCUT2D eigenvalue weighted by molar-refractivity contribution is 0.443. The van der Waals surface area contributed by atoms with E-state index in [4.69, 9.17) is 0 Å². The van der Waals surface area contributed by atoms with Crippen LogP contribution in [0.1, 0.15) is 13.8 Å². The van der Waals surface area contributed by atoms with Crippen LogP contribution in [0.25, 0.3) is 0 Å². The van der Waals surface area contributed by atoms with E-state index in [2.05, 4.69) is 48.5 Å². The maximum absolute atomic E-state index is 3.40. The zero-order valence-electron chi connectivity index (χ0n) is 8.25. The Morgan fingerprint density at radius 1 is 1.23 bits per heavy atom. The van der Waals surface area contributed by atoms with Gasteiger partial charge in [-0.3, -0.25) is 0 Å². The standard InChI is InChI=1S/C11H16N2/c1-11(2)8-12-13(9-11)10-6-4-3-5-7-10/h3-7,12H,8-9H2,1-2H3. The van der Waals surface area contributed by atoms with Crippen LogP contribution in [-0.2, 0) is 0 Å². The zero-order valence-corrected chi connectivity index (χ0v) is 8.25. The number of nitrogens with one attached hydrogen (secondary N) is 1. The van der Waals surface area contributed by atoms with Gasteiger partial charge in [0.1, 0.15) is 0 Å². The molecular formula is C11H16N2. The van der Waals surface area contributed by atoms with E-state index < -0.39 is 0 Å². The molecule has 0 atom stereocenters. The van der Waals surface area contributed by atoms with Crippen molar-refractivity contribution in [1.82, 2.24) is 5.43 Å². The fourth-order valence-corrected chi connectivity index (χ4v) is 1.64. The van der Waals surface area contributed by atoms with E-state index in [1.807, 2.05) is 6.07 Å². The SMILES string of the molecule is CC1(C)CNN(c2ccccc2)C1. The van der Waals surface area contributed by atoms with Crippen molar-refractivity contribution in [2.75, 3.05) is 18.1 Å². The summed E-state index contributed by atoms with van der Waals surface area (Å²) in [4.78, 5) is 0. The van der Waals surface area contributed by atoms with Crippen molar-refractivity contribution in [3.8, 4) is 0 Å². The van der Waals surface area contributed by atoms with Gasteiger partial charge in [-0.1, -0.05) is 32.0 Å².